The molecule has 33 heavy (non-hydrogen) atoms. The number of nitrogens with zero attached hydrogens (tertiary/aromatic N) is 1. The van der Waals surface area contributed by atoms with Crippen molar-refractivity contribution in [2.24, 2.45) is 0 Å². The Bertz CT molecular complexity index is 947. The van der Waals surface area contributed by atoms with Crippen LogP contribution in [0.15, 0.2) is 10.9 Å². The number of carbonyl (C=O) groups excluding carboxylic acids is 4. The van der Waals surface area contributed by atoms with E-state index in [0.717, 1.165) is 33.8 Å². The summed E-state index contributed by atoms with van der Waals surface area (Å²) < 4.78 is 31.7. The van der Waals surface area contributed by atoms with Gasteiger partial charge in [0.15, 0.2) is 24.5 Å². The predicted octanol–water partition coefficient (Wildman–Crippen LogP) is -0.726. The van der Waals surface area contributed by atoms with Gasteiger partial charge in [0.2, 0.25) is 0 Å². The van der Waals surface area contributed by atoms with E-state index >= 15 is 0 Å². The van der Waals surface area contributed by atoms with Crippen molar-refractivity contribution in [3.63, 3.8) is 0 Å². The first-order valence-corrected chi connectivity index (χ1v) is 9.72. The second-order valence-corrected chi connectivity index (χ2v) is 6.90. The van der Waals surface area contributed by atoms with Crippen LogP contribution in [-0.2, 0) is 42.9 Å². The van der Waals surface area contributed by atoms with Crippen LogP contribution in [0, 0.1) is 0 Å². The van der Waals surface area contributed by atoms with Gasteiger partial charge in [-0.25, -0.2) is 0 Å². The van der Waals surface area contributed by atoms with Gasteiger partial charge in [0, 0.05) is 33.8 Å². The highest BCUT2D eigenvalue weighted by molar-refractivity contribution is 5.68. The number of rotatable bonds is 8. The minimum Gasteiger partial charge on any atom is -0.468 e. The SMILES string of the molecule is COc1nc(N[C@@H]2O[C@H](COC(C)=O)[C@@H](OC(C)=O)[C@H](OC(C)=O)[C@H]2OC(C)=O)cc(=O)[nH]1. The van der Waals surface area contributed by atoms with Crippen LogP contribution in [0.2, 0.25) is 0 Å². The molecule has 0 aromatic carbocycles. The molecule has 0 saturated carbocycles. The molecule has 0 spiro atoms. The van der Waals surface area contributed by atoms with Gasteiger partial charge in [0.05, 0.1) is 7.11 Å². The summed E-state index contributed by atoms with van der Waals surface area (Å²) >= 11 is 0. The molecule has 0 unspecified atom stereocenters. The van der Waals surface area contributed by atoms with Crippen LogP contribution in [0.5, 0.6) is 6.01 Å². The van der Waals surface area contributed by atoms with Crippen molar-refractivity contribution in [2.45, 2.75) is 58.3 Å². The lowest BCUT2D eigenvalue weighted by Gasteiger charge is -2.44. The van der Waals surface area contributed by atoms with Gasteiger partial charge in [0.25, 0.3) is 11.6 Å². The third-order valence-electron chi connectivity index (χ3n) is 4.19. The maximum Gasteiger partial charge on any atom is 0.303 e. The highest BCUT2D eigenvalue weighted by atomic mass is 16.7. The molecular formula is C19H25N3O11. The topological polar surface area (TPSA) is 181 Å². The largest absolute Gasteiger partial charge is 0.468 e. The maximum absolute atomic E-state index is 11.9. The lowest BCUT2D eigenvalue weighted by Crippen LogP contribution is -2.64. The van der Waals surface area contributed by atoms with Crippen molar-refractivity contribution in [1.29, 1.82) is 0 Å². The van der Waals surface area contributed by atoms with E-state index in [4.69, 9.17) is 28.4 Å². The van der Waals surface area contributed by atoms with Gasteiger partial charge in [-0.05, 0) is 0 Å². The second-order valence-electron chi connectivity index (χ2n) is 6.90. The monoisotopic (exact) mass is 471 g/mol. The molecule has 0 amide bonds. The Balaban J connectivity index is 2.49. The number of aromatic nitrogens is 2. The Hall–Kier alpha value is -3.68. The van der Waals surface area contributed by atoms with Crippen molar-refractivity contribution >= 4 is 29.7 Å². The summed E-state index contributed by atoms with van der Waals surface area (Å²) in [6, 6.07) is 0.965. The molecule has 1 aromatic heterocycles. The Morgan fingerprint density at radius 1 is 0.970 bits per heavy atom. The first kappa shape index (κ1) is 25.6. The summed E-state index contributed by atoms with van der Waals surface area (Å²) in [5.41, 5.74) is -0.560. The highest BCUT2D eigenvalue weighted by Crippen LogP contribution is 2.29. The Kier molecular flexibility index (Phi) is 8.73. The van der Waals surface area contributed by atoms with Gasteiger partial charge in [-0.1, -0.05) is 0 Å². The lowest BCUT2D eigenvalue weighted by atomic mass is 9.97. The number of aromatic amines is 1. The molecule has 1 aliphatic heterocycles. The minimum absolute atomic E-state index is 0.0310. The summed E-state index contributed by atoms with van der Waals surface area (Å²) in [5.74, 6) is -2.95. The second kappa shape index (κ2) is 11.3. The van der Waals surface area contributed by atoms with Crippen LogP contribution >= 0.6 is 0 Å². The van der Waals surface area contributed by atoms with E-state index in [0.29, 0.717) is 0 Å². The minimum atomic E-state index is -1.36. The zero-order valence-corrected chi connectivity index (χ0v) is 18.6. The molecule has 1 saturated heterocycles. The third kappa shape index (κ3) is 7.45. The highest BCUT2D eigenvalue weighted by Gasteiger charge is 2.52. The third-order valence-corrected chi connectivity index (χ3v) is 4.19. The van der Waals surface area contributed by atoms with Crippen LogP contribution in [0.3, 0.4) is 0 Å². The zero-order valence-electron chi connectivity index (χ0n) is 18.6. The molecule has 182 valence electrons. The molecule has 2 heterocycles. The van der Waals surface area contributed by atoms with Crippen molar-refractivity contribution in [1.82, 2.24) is 9.97 Å². The van der Waals surface area contributed by atoms with Crippen LogP contribution < -0.4 is 15.6 Å². The molecule has 1 aliphatic rings. The van der Waals surface area contributed by atoms with Gasteiger partial charge >= 0.3 is 23.9 Å². The molecule has 5 atom stereocenters. The fourth-order valence-electron chi connectivity index (χ4n) is 3.10. The first-order chi connectivity index (χ1) is 15.5. The normalized spacial score (nSPS) is 24.2. The average Bonchev–Trinajstić information content (AvgIpc) is 2.69. The van der Waals surface area contributed by atoms with Crippen LogP contribution in [0.4, 0.5) is 5.82 Å². The Morgan fingerprint density at radius 3 is 2.09 bits per heavy atom. The Morgan fingerprint density at radius 2 is 1.55 bits per heavy atom. The smallest absolute Gasteiger partial charge is 0.303 e. The number of ether oxygens (including phenoxy) is 6. The number of nitrogens with one attached hydrogen (secondary N) is 2. The van der Waals surface area contributed by atoms with Crippen molar-refractivity contribution in [3.8, 4) is 6.01 Å². The van der Waals surface area contributed by atoms with E-state index in [2.05, 4.69) is 15.3 Å². The fourth-order valence-corrected chi connectivity index (χ4v) is 3.10. The molecule has 0 bridgehead atoms. The van der Waals surface area contributed by atoms with Crippen molar-refractivity contribution in [3.05, 3.63) is 16.4 Å². The fraction of sp³-hybridized carbons (Fsp3) is 0.579. The zero-order chi connectivity index (χ0) is 24.7. The lowest BCUT2D eigenvalue weighted by molar-refractivity contribution is -0.247. The number of esters is 4. The molecule has 14 nitrogen and oxygen atoms in total. The summed E-state index contributed by atoms with van der Waals surface area (Å²) in [5, 5.41) is 2.76. The number of methoxy groups -OCH3 is 1. The van der Waals surface area contributed by atoms with Crippen LogP contribution in [-0.4, -0.2) is 78.2 Å². The van der Waals surface area contributed by atoms with E-state index in [-0.39, 0.29) is 18.4 Å². The van der Waals surface area contributed by atoms with E-state index in [9.17, 15) is 24.0 Å². The summed E-state index contributed by atoms with van der Waals surface area (Å²) in [6.07, 6.45) is -6.42. The van der Waals surface area contributed by atoms with Gasteiger partial charge in [-0.3, -0.25) is 29.0 Å². The first-order valence-electron chi connectivity index (χ1n) is 9.72. The standard InChI is InChI=1S/C19H25N3O11/c1-8(23)29-7-12-15(30-9(2)24)16(31-10(3)25)17(32-11(4)26)18(33-12)20-13-6-14(27)22-19(21-13)28-5/h6,12,15-18H,7H2,1-5H3,(H2,20,21,22,27)/t12-,15-,16+,17-,18-/m1/s1. The van der Waals surface area contributed by atoms with E-state index in [1.165, 1.54) is 7.11 Å². The molecule has 1 aromatic rings. The number of H-pyrrole nitrogens is 1. The number of anilines is 1. The summed E-state index contributed by atoms with van der Waals surface area (Å²) in [6.45, 7) is 4.12. The van der Waals surface area contributed by atoms with Gasteiger partial charge in [-0.15, -0.1) is 0 Å². The summed E-state index contributed by atoms with van der Waals surface area (Å²) in [7, 11) is 1.29. The number of hydrogen-bond donors (Lipinski definition) is 2. The maximum atomic E-state index is 11.9. The van der Waals surface area contributed by atoms with E-state index < -0.39 is 60.1 Å². The van der Waals surface area contributed by atoms with E-state index in [1.807, 2.05) is 0 Å². The summed E-state index contributed by atoms with van der Waals surface area (Å²) in [4.78, 5) is 64.9. The predicted molar refractivity (Wildman–Crippen MR) is 107 cm³/mol. The van der Waals surface area contributed by atoms with Crippen molar-refractivity contribution < 1.29 is 47.6 Å². The van der Waals surface area contributed by atoms with Crippen LogP contribution in [0.1, 0.15) is 27.7 Å². The number of hydrogen-bond acceptors (Lipinski definition) is 13. The van der Waals surface area contributed by atoms with Gasteiger partial charge in [-0.2, -0.15) is 4.98 Å². The number of carbonyl (C=O) groups is 4. The molecule has 0 aliphatic carbocycles. The van der Waals surface area contributed by atoms with E-state index in [1.54, 1.807) is 0 Å². The molecule has 2 rings (SSSR count). The Labute approximate surface area is 187 Å². The molecular weight excluding hydrogens is 446 g/mol. The van der Waals surface area contributed by atoms with Gasteiger partial charge < -0.3 is 33.7 Å². The molecule has 14 heteroatoms. The van der Waals surface area contributed by atoms with Crippen LogP contribution in [0.25, 0.3) is 0 Å². The molecule has 2 N–H and O–H groups in total. The molecule has 1 fully saturated rings. The average molecular weight is 471 g/mol. The molecule has 0 radical (unpaired) electrons. The van der Waals surface area contributed by atoms with Gasteiger partial charge in [0.1, 0.15) is 18.5 Å². The quantitative estimate of drug-likeness (QED) is 0.358. The van der Waals surface area contributed by atoms with Crippen molar-refractivity contribution in [2.75, 3.05) is 19.0 Å².